The first-order valence-electron chi connectivity index (χ1n) is 5.40. The number of tetrazole rings is 1. The fourth-order valence-electron chi connectivity index (χ4n) is 1.47. The summed E-state index contributed by atoms with van der Waals surface area (Å²) in [5.41, 5.74) is 0. The summed E-state index contributed by atoms with van der Waals surface area (Å²) >= 11 is 0. The van der Waals surface area contributed by atoms with Gasteiger partial charge in [0, 0.05) is 13.0 Å². The zero-order valence-electron chi connectivity index (χ0n) is 9.43. The Balaban J connectivity index is 2.45. The third-order valence-corrected chi connectivity index (χ3v) is 2.46. The maximum absolute atomic E-state index is 8.81. The van der Waals surface area contributed by atoms with E-state index in [1.165, 1.54) is 0 Å². The summed E-state index contributed by atoms with van der Waals surface area (Å²) < 4.78 is 1.66. The third kappa shape index (κ3) is 3.56. The van der Waals surface area contributed by atoms with Gasteiger partial charge in [-0.3, -0.25) is 0 Å². The number of hydrogen-bond acceptors (Lipinski definition) is 5. The van der Waals surface area contributed by atoms with Crippen LogP contribution in [-0.4, -0.2) is 56.5 Å². The van der Waals surface area contributed by atoms with Crippen LogP contribution in [0.5, 0.6) is 0 Å². The first-order chi connectivity index (χ1) is 7.31. The molecule has 0 spiro atoms. The predicted molar refractivity (Wildman–Crippen MR) is 56.4 cm³/mol. The van der Waals surface area contributed by atoms with E-state index < -0.39 is 0 Å². The molecule has 0 amide bonds. The van der Waals surface area contributed by atoms with E-state index in [4.69, 9.17) is 5.11 Å². The van der Waals surface area contributed by atoms with Crippen LogP contribution in [0.3, 0.4) is 0 Å². The van der Waals surface area contributed by atoms with Crippen LogP contribution in [0.15, 0.2) is 0 Å². The molecule has 1 N–H and O–H groups in total. The van der Waals surface area contributed by atoms with E-state index in [2.05, 4.69) is 34.3 Å². The van der Waals surface area contributed by atoms with Crippen LogP contribution < -0.4 is 0 Å². The number of rotatable bonds is 7. The van der Waals surface area contributed by atoms with E-state index in [1.807, 2.05) is 0 Å². The summed E-state index contributed by atoms with van der Waals surface area (Å²) in [6.07, 6.45) is 0.828. The lowest BCUT2D eigenvalue weighted by Crippen LogP contribution is -2.26. The van der Waals surface area contributed by atoms with Crippen LogP contribution in [0.25, 0.3) is 0 Å². The lowest BCUT2D eigenvalue weighted by atomic mass is 10.3. The van der Waals surface area contributed by atoms with Crippen molar-refractivity contribution in [2.24, 2.45) is 0 Å². The van der Waals surface area contributed by atoms with Crippen molar-refractivity contribution < 1.29 is 5.11 Å². The second-order valence-corrected chi connectivity index (χ2v) is 3.32. The molecular formula is C9H19N5O. The van der Waals surface area contributed by atoms with Crippen LogP contribution in [0.2, 0.25) is 0 Å². The van der Waals surface area contributed by atoms with Crippen molar-refractivity contribution in [3.8, 4) is 0 Å². The van der Waals surface area contributed by atoms with Gasteiger partial charge in [-0.1, -0.05) is 13.8 Å². The van der Waals surface area contributed by atoms with Gasteiger partial charge in [0.05, 0.1) is 13.2 Å². The first kappa shape index (κ1) is 12.1. The van der Waals surface area contributed by atoms with Crippen LogP contribution in [0, 0.1) is 0 Å². The summed E-state index contributed by atoms with van der Waals surface area (Å²) in [5, 5.41) is 20.2. The molecule has 0 aliphatic rings. The molecule has 6 nitrogen and oxygen atoms in total. The minimum atomic E-state index is 0.0727. The molecule has 1 aromatic heterocycles. The van der Waals surface area contributed by atoms with Crippen LogP contribution in [-0.2, 0) is 13.0 Å². The highest BCUT2D eigenvalue weighted by atomic mass is 16.3. The Morgan fingerprint density at radius 2 is 2.07 bits per heavy atom. The highest BCUT2D eigenvalue weighted by molar-refractivity contribution is 4.82. The van der Waals surface area contributed by atoms with Gasteiger partial charge in [0.1, 0.15) is 0 Å². The zero-order chi connectivity index (χ0) is 11.1. The second-order valence-electron chi connectivity index (χ2n) is 3.32. The second kappa shape index (κ2) is 6.47. The Labute approximate surface area is 89.9 Å². The van der Waals surface area contributed by atoms with E-state index in [1.54, 1.807) is 4.68 Å². The molecule has 0 unspecified atom stereocenters. The molecule has 15 heavy (non-hydrogen) atoms. The Morgan fingerprint density at radius 1 is 1.33 bits per heavy atom. The summed E-state index contributed by atoms with van der Waals surface area (Å²) in [7, 11) is 0. The predicted octanol–water partition coefficient (Wildman–Crippen LogP) is -0.450. The van der Waals surface area contributed by atoms with E-state index in [0.29, 0.717) is 6.54 Å². The van der Waals surface area contributed by atoms with Gasteiger partial charge >= 0.3 is 0 Å². The zero-order valence-corrected chi connectivity index (χ0v) is 9.43. The Kier molecular flexibility index (Phi) is 5.20. The number of aromatic nitrogens is 4. The summed E-state index contributed by atoms with van der Waals surface area (Å²) in [6.45, 7) is 7.86. The summed E-state index contributed by atoms with van der Waals surface area (Å²) in [4.78, 5) is 2.32. The molecule has 0 fully saturated rings. The average molecular weight is 213 g/mol. The third-order valence-electron chi connectivity index (χ3n) is 2.46. The molecule has 0 saturated heterocycles. The first-order valence-corrected chi connectivity index (χ1v) is 5.40. The summed E-state index contributed by atoms with van der Waals surface area (Å²) in [5.74, 6) is 0.843. The lowest BCUT2D eigenvalue weighted by molar-refractivity contribution is 0.262. The SMILES string of the molecule is CCN(CC)CCc1nnnn1CCO. The maximum atomic E-state index is 8.81. The molecule has 1 rings (SSSR count). The number of aliphatic hydroxyl groups is 1. The van der Waals surface area contributed by atoms with Crippen molar-refractivity contribution in [3.05, 3.63) is 5.82 Å². The number of aliphatic hydroxyl groups excluding tert-OH is 1. The largest absolute Gasteiger partial charge is 0.394 e. The molecule has 0 aliphatic carbocycles. The van der Waals surface area contributed by atoms with Crippen LogP contribution >= 0.6 is 0 Å². The van der Waals surface area contributed by atoms with Gasteiger partial charge in [0.25, 0.3) is 0 Å². The molecule has 0 aliphatic heterocycles. The topological polar surface area (TPSA) is 67.1 Å². The minimum absolute atomic E-state index is 0.0727. The van der Waals surface area contributed by atoms with Gasteiger partial charge in [-0.2, -0.15) is 0 Å². The van der Waals surface area contributed by atoms with Crippen molar-refractivity contribution in [1.82, 2.24) is 25.1 Å². The van der Waals surface area contributed by atoms with Crippen molar-refractivity contribution in [3.63, 3.8) is 0 Å². The molecule has 0 bridgehead atoms. The van der Waals surface area contributed by atoms with Gasteiger partial charge in [-0.25, -0.2) is 4.68 Å². The molecule has 0 radical (unpaired) electrons. The average Bonchev–Trinajstić information content (AvgIpc) is 2.68. The Bertz CT molecular complexity index is 271. The molecule has 1 heterocycles. The van der Waals surface area contributed by atoms with Gasteiger partial charge in [0.2, 0.25) is 0 Å². The highest BCUT2D eigenvalue weighted by Crippen LogP contribution is 1.96. The lowest BCUT2D eigenvalue weighted by Gasteiger charge is -2.16. The Morgan fingerprint density at radius 3 is 2.67 bits per heavy atom. The quantitative estimate of drug-likeness (QED) is 0.664. The van der Waals surface area contributed by atoms with E-state index in [-0.39, 0.29) is 6.61 Å². The van der Waals surface area contributed by atoms with Gasteiger partial charge in [-0.05, 0) is 23.5 Å². The maximum Gasteiger partial charge on any atom is 0.152 e. The molecule has 0 saturated carbocycles. The fraction of sp³-hybridized carbons (Fsp3) is 0.889. The van der Waals surface area contributed by atoms with Crippen molar-refractivity contribution in [2.45, 2.75) is 26.8 Å². The number of nitrogens with zero attached hydrogens (tertiary/aromatic N) is 5. The van der Waals surface area contributed by atoms with Gasteiger partial charge in [0.15, 0.2) is 5.82 Å². The van der Waals surface area contributed by atoms with Crippen LogP contribution in [0.1, 0.15) is 19.7 Å². The van der Waals surface area contributed by atoms with E-state index >= 15 is 0 Å². The number of likely N-dealkylation sites (N-methyl/N-ethyl adjacent to an activating group) is 1. The molecule has 1 aromatic rings. The fourth-order valence-corrected chi connectivity index (χ4v) is 1.47. The van der Waals surface area contributed by atoms with E-state index in [9.17, 15) is 0 Å². The molecular weight excluding hydrogens is 194 g/mol. The van der Waals surface area contributed by atoms with E-state index in [0.717, 1.165) is 31.9 Å². The Hall–Kier alpha value is -1.01. The normalized spacial score (nSPS) is 11.2. The molecule has 0 atom stereocenters. The van der Waals surface area contributed by atoms with Crippen molar-refractivity contribution in [1.29, 1.82) is 0 Å². The smallest absolute Gasteiger partial charge is 0.152 e. The molecule has 0 aromatic carbocycles. The minimum Gasteiger partial charge on any atom is -0.394 e. The van der Waals surface area contributed by atoms with Crippen molar-refractivity contribution in [2.75, 3.05) is 26.2 Å². The van der Waals surface area contributed by atoms with Gasteiger partial charge in [-0.15, -0.1) is 5.10 Å². The monoisotopic (exact) mass is 213 g/mol. The van der Waals surface area contributed by atoms with Gasteiger partial charge < -0.3 is 10.0 Å². The summed E-state index contributed by atoms with van der Waals surface area (Å²) in [6, 6.07) is 0. The van der Waals surface area contributed by atoms with Crippen LogP contribution in [0.4, 0.5) is 0 Å². The highest BCUT2D eigenvalue weighted by Gasteiger charge is 2.07. The molecule has 86 valence electrons. The molecule has 6 heteroatoms. The number of hydrogen-bond donors (Lipinski definition) is 1. The van der Waals surface area contributed by atoms with Crippen molar-refractivity contribution >= 4 is 0 Å². The standard InChI is InChI=1S/C9H19N5O/c1-3-13(4-2)6-5-9-10-11-12-14(9)7-8-15/h15H,3-8H2,1-2H3.